The zero-order valence-electron chi connectivity index (χ0n) is 15.5. The van der Waals surface area contributed by atoms with E-state index in [1.165, 1.54) is 19.9 Å². The third-order valence-corrected chi connectivity index (χ3v) is 4.75. The molecule has 6 nitrogen and oxygen atoms in total. The van der Waals surface area contributed by atoms with Crippen LogP contribution < -0.4 is 4.90 Å². The van der Waals surface area contributed by atoms with Gasteiger partial charge in [0, 0.05) is 24.7 Å². The Bertz CT molecular complexity index is 934. The summed E-state index contributed by atoms with van der Waals surface area (Å²) >= 11 is 0. The summed E-state index contributed by atoms with van der Waals surface area (Å²) in [4.78, 5) is 38.2. The molecule has 6 heteroatoms. The first-order valence-corrected chi connectivity index (χ1v) is 8.74. The van der Waals surface area contributed by atoms with Crippen LogP contribution in [0.15, 0.2) is 36.4 Å². The lowest BCUT2D eigenvalue weighted by atomic mass is 10.0. The first kappa shape index (κ1) is 18.6. The van der Waals surface area contributed by atoms with Crippen LogP contribution in [0.1, 0.15) is 45.7 Å². The van der Waals surface area contributed by atoms with Crippen molar-refractivity contribution in [2.75, 3.05) is 11.4 Å². The first-order chi connectivity index (χ1) is 12.8. The summed E-state index contributed by atoms with van der Waals surface area (Å²) in [5.41, 5.74) is 2.74. The molecule has 1 atom stereocenters. The van der Waals surface area contributed by atoms with Gasteiger partial charge < -0.3 is 14.7 Å². The number of phenols is 1. The van der Waals surface area contributed by atoms with Gasteiger partial charge in [-0.25, -0.2) is 4.79 Å². The summed E-state index contributed by atoms with van der Waals surface area (Å²) in [7, 11) is 0. The molecule has 3 rings (SSSR count). The van der Waals surface area contributed by atoms with Gasteiger partial charge >= 0.3 is 5.97 Å². The number of ketones is 1. The molecule has 1 aliphatic heterocycles. The molecule has 0 saturated carbocycles. The van der Waals surface area contributed by atoms with Gasteiger partial charge in [0.1, 0.15) is 11.3 Å². The van der Waals surface area contributed by atoms with E-state index in [0.717, 1.165) is 11.3 Å². The van der Waals surface area contributed by atoms with Crippen molar-refractivity contribution in [3.05, 3.63) is 58.7 Å². The molecule has 140 valence electrons. The van der Waals surface area contributed by atoms with Crippen molar-refractivity contribution in [3.63, 3.8) is 0 Å². The number of aromatic hydroxyl groups is 1. The standard InChI is InChI=1S/C21H21NO5/c1-12-5-4-6-17(19(12)24)21(26)27-13(2)20(25)16-7-8-18-15(11-16)9-10-22(18)14(3)23/h4-8,11,13,24H,9-10H2,1-3H3/t13-/m1/s1. The van der Waals surface area contributed by atoms with Gasteiger partial charge in [-0.15, -0.1) is 0 Å². The Morgan fingerprint density at radius 3 is 2.63 bits per heavy atom. The Kier molecular flexibility index (Phi) is 4.99. The number of nitrogens with zero attached hydrogens (tertiary/aromatic N) is 1. The van der Waals surface area contributed by atoms with Crippen LogP contribution in [0.4, 0.5) is 5.69 Å². The van der Waals surface area contributed by atoms with E-state index in [9.17, 15) is 19.5 Å². The number of Topliss-reactive ketones (excluding diaryl/α,β-unsaturated/α-hetero) is 1. The highest BCUT2D eigenvalue weighted by Crippen LogP contribution is 2.29. The maximum atomic E-state index is 12.7. The van der Waals surface area contributed by atoms with Gasteiger partial charge in [0.25, 0.3) is 0 Å². The van der Waals surface area contributed by atoms with Crippen LogP contribution in [0.5, 0.6) is 5.75 Å². The van der Waals surface area contributed by atoms with Crippen LogP contribution in [-0.2, 0) is 16.0 Å². The largest absolute Gasteiger partial charge is 0.507 e. The Labute approximate surface area is 157 Å². The fraction of sp³-hybridized carbons (Fsp3) is 0.286. The quantitative estimate of drug-likeness (QED) is 0.663. The Morgan fingerprint density at radius 2 is 1.93 bits per heavy atom. The summed E-state index contributed by atoms with van der Waals surface area (Å²) in [5.74, 6) is -1.27. The van der Waals surface area contributed by atoms with Crippen LogP contribution in [0.25, 0.3) is 0 Å². The molecule has 0 aromatic heterocycles. The second kappa shape index (κ2) is 7.23. The summed E-state index contributed by atoms with van der Waals surface area (Å²) in [6, 6.07) is 9.90. The molecular weight excluding hydrogens is 346 g/mol. The maximum Gasteiger partial charge on any atom is 0.342 e. The lowest BCUT2D eigenvalue weighted by Crippen LogP contribution is -2.26. The molecule has 0 bridgehead atoms. The smallest absolute Gasteiger partial charge is 0.342 e. The predicted octanol–water partition coefficient (Wildman–Crippen LogP) is 3.04. The molecule has 1 N–H and O–H groups in total. The number of fused-ring (bicyclic) bond motifs is 1. The van der Waals surface area contributed by atoms with Gasteiger partial charge in [-0.05, 0) is 55.7 Å². The monoisotopic (exact) mass is 367 g/mol. The number of carbonyl (C=O) groups is 3. The average Bonchev–Trinajstić information content (AvgIpc) is 3.06. The number of benzene rings is 2. The van der Waals surface area contributed by atoms with Crippen molar-refractivity contribution >= 4 is 23.3 Å². The molecular formula is C21H21NO5. The van der Waals surface area contributed by atoms with Crippen LogP contribution in [0.3, 0.4) is 0 Å². The van der Waals surface area contributed by atoms with E-state index in [1.54, 1.807) is 42.2 Å². The number of aryl methyl sites for hydroxylation is 1. The summed E-state index contributed by atoms with van der Waals surface area (Å²) < 4.78 is 5.25. The summed E-state index contributed by atoms with van der Waals surface area (Å²) in [6.45, 7) is 5.29. The highest BCUT2D eigenvalue weighted by Gasteiger charge is 2.26. The lowest BCUT2D eigenvalue weighted by Gasteiger charge is -2.16. The highest BCUT2D eigenvalue weighted by molar-refractivity contribution is 6.03. The van der Waals surface area contributed by atoms with Crippen LogP contribution in [0.2, 0.25) is 0 Å². The second-order valence-electron chi connectivity index (χ2n) is 6.65. The van der Waals surface area contributed by atoms with Crippen molar-refractivity contribution in [1.29, 1.82) is 0 Å². The third kappa shape index (κ3) is 3.56. The van der Waals surface area contributed by atoms with Crippen LogP contribution in [-0.4, -0.2) is 35.4 Å². The zero-order valence-corrected chi connectivity index (χ0v) is 15.5. The minimum Gasteiger partial charge on any atom is -0.507 e. The van der Waals surface area contributed by atoms with E-state index in [2.05, 4.69) is 0 Å². The number of para-hydroxylation sites is 1. The number of ether oxygens (including phenoxy) is 1. The molecule has 0 spiro atoms. The molecule has 0 aliphatic carbocycles. The van der Waals surface area contributed by atoms with Gasteiger partial charge in [0.05, 0.1) is 0 Å². The first-order valence-electron chi connectivity index (χ1n) is 8.74. The summed E-state index contributed by atoms with van der Waals surface area (Å²) in [6.07, 6.45) is -0.317. The molecule has 0 fully saturated rings. The molecule has 0 radical (unpaired) electrons. The van der Waals surface area contributed by atoms with Crippen molar-refractivity contribution in [3.8, 4) is 5.75 Å². The van der Waals surface area contributed by atoms with E-state index < -0.39 is 12.1 Å². The van der Waals surface area contributed by atoms with E-state index in [-0.39, 0.29) is 23.0 Å². The number of carbonyl (C=O) groups excluding carboxylic acids is 3. The SMILES string of the molecule is CC(=O)N1CCc2cc(C(=O)[C@@H](C)OC(=O)c3cccc(C)c3O)ccc21. The van der Waals surface area contributed by atoms with Crippen LogP contribution in [0, 0.1) is 6.92 Å². The van der Waals surface area contributed by atoms with E-state index in [4.69, 9.17) is 4.74 Å². The van der Waals surface area contributed by atoms with Crippen molar-refractivity contribution in [2.24, 2.45) is 0 Å². The molecule has 0 saturated heterocycles. The van der Waals surface area contributed by atoms with E-state index in [0.29, 0.717) is 24.1 Å². The third-order valence-electron chi connectivity index (χ3n) is 4.75. The predicted molar refractivity (Wildman–Crippen MR) is 100 cm³/mol. The average molecular weight is 367 g/mol. The Hall–Kier alpha value is -3.15. The summed E-state index contributed by atoms with van der Waals surface area (Å²) in [5, 5.41) is 9.99. The number of anilines is 1. The Balaban J connectivity index is 1.75. The fourth-order valence-corrected chi connectivity index (χ4v) is 3.22. The number of phenolic OH excluding ortho intramolecular Hbond substituents is 1. The number of rotatable bonds is 4. The highest BCUT2D eigenvalue weighted by atomic mass is 16.5. The van der Waals surface area contributed by atoms with Crippen LogP contribution >= 0.6 is 0 Å². The zero-order chi connectivity index (χ0) is 19.7. The fourth-order valence-electron chi connectivity index (χ4n) is 3.22. The molecule has 1 amide bonds. The lowest BCUT2D eigenvalue weighted by molar-refractivity contribution is -0.116. The van der Waals surface area contributed by atoms with Gasteiger partial charge in [-0.1, -0.05) is 12.1 Å². The molecule has 0 unspecified atom stereocenters. The number of esters is 1. The normalized spacial score (nSPS) is 13.8. The molecule has 2 aromatic rings. The van der Waals surface area contributed by atoms with Gasteiger partial charge in [-0.2, -0.15) is 0 Å². The van der Waals surface area contributed by atoms with Crippen molar-refractivity contribution in [2.45, 2.75) is 33.3 Å². The molecule has 1 heterocycles. The van der Waals surface area contributed by atoms with Gasteiger partial charge in [0.2, 0.25) is 11.7 Å². The van der Waals surface area contributed by atoms with E-state index >= 15 is 0 Å². The van der Waals surface area contributed by atoms with Crippen molar-refractivity contribution in [1.82, 2.24) is 0 Å². The maximum absolute atomic E-state index is 12.7. The van der Waals surface area contributed by atoms with E-state index in [1.807, 2.05) is 0 Å². The minimum absolute atomic E-state index is 0.0284. The van der Waals surface area contributed by atoms with Gasteiger partial charge in [0.15, 0.2) is 6.10 Å². The second-order valence-corrected chi connectivity index (χ2v) is 6.65. The Morgan fingerprint density at radius 1 is 1.19 bits per heavy atom. The van der Waals surface area contributed by atoms with Crippen molar-refractivity contribution < 1.29 is 24.2 Å². The number of hydrogen-bond donors (Lipinski definition) is 1. The number of amides is 1. The molecule has 2 aromatic carbocycles. The van der Waals surface area contributed by atoms with Gasteiger partial charge in [-0.3, -0.25) is 9.59 Å². The number of hydrogen-bond acceptors (Lipinski definition) is 5. The molecule has 27 heavy (non-hydrogen) atoms. The topological polar surface area (TPSA) is 83.9 Å². The minimum atomic E-state index is -0.999. The molecule has 1 aliphatic rings.